The molecule has 1 aliphatic rings. The first-order chi connectivity index (χ1) is 20.5. The van der Waals surface area contributed by atoms with Crippen LogP contribution in [0.1, 0.15) is 43.6 Å². The number of anilines is 1. The number of benzene rings is 1. The lowest BCUT2D eigenvalue weighted by molar-refractivity contribution is -0.390. The second-order valence-corrected chi connectivity index (χ2v) is 11.7. The van der Waals surface area contributed by atoms with Crippen LogP contribution in [0, 0.1) is 15.9 Å². The van der Waals surface area contributed by atoms with Gasteiger partial charge in [0.15, 0.2) is 12.0 Å². The molecule has 4 heterocycles. The standard InChI is InChI=1S/C30H34BrFN8O3/c1-7-38-17-26(29(35-38)39-11-10-36(5)15-18(39)2)19(3)25-16-37(6)34-28(25)23-9-8-22(32)13-24(23)20(4)43-27-12-21(31)14-33-30(27)40(41)42/h8-9,12-14,16-18,20H,3,7,10-11,15H2,1-2,4-6H3/t18-,20+/m0/s1. The quantitative estimate of drug-likeness (QED) is 0.164. The van der Waals surface area contributed by atoms with E-state index in [1.807, 2.05) is 31.0 Å². The number of piperazine rings is 1. The minimum Gasteiger partial charge on any atom is -0.478 e. The first-order valence-corrected chi connectivity index (χ1v) is 14.8. The van der Waals surface area contributed by atoms with E-state index in [2.05, 4.69) is 51.3 Å². The van der Waals surface area contributed by atoms with Crippen molar-refractivity contribution in [2.75, 3.05) is 31.6 Å². The zero-order valence-electron chi connectivity index (χ0n) is 24.8. The largest absolute Gasteiger partial charge is 0.478 e. The van der Waals surface area contributed by atoms with Crippen molar-refractivity contribution in [1.82, 2.24) is 29.4 Å². The highest BCUT2D eigenvalue weighted by Gasteiger charge is 2.29. The van der Waals surface area contributed by atoms with Crippen LogP contribution in [0.5, 0.6) is 5.75 Å². The number of pyridine rings is 1. The fourth-order valence-corrected chi connectivity index (χ4v) is 5.79. The zero-order chi connectivity index (χ0) is 31.0. The number of likely N-dealkylation sites (N-methyl/N-ethyl adjacent to an activating group) is 1. The van der Waals surface area contributed by atoms with Gasteiger partial charge in [0.05, 0.1) is 4.47 Å². The van der Waals surface area contributed by atoms with E-state index in [0.717, 1.165) is 42.2 Å². The Hall–Kier alpha value is -4.10. The molecule has 1 fully saturated rings. The molecule has 0 unspecified atom stereocenters. The maximum Gasteiger partial charge on any atom is 0.406 e. The molecule has 0 saturated carbocycles. The van der Waals surface area contributed by atoms with Gasteiger partial charge in [0, 0.05) is 80.0 Å². The number of ether oxygens (including phenoxy) is 1. The number of nitrogens with zero attached hydrogens (tertiary/aromatic N) is 8. The van der Waals surface area contributed by atoms with Gasteiger partial charge in [-0.1, -0.05) is 6.58 Å². The third kappa shape index (κ3) is 6.18. The fraction of sp³-hybridized carbons (Fsp3) is 0.367. The molecule has 2 atom stereocenters. The Morgan fingerprint density at radius 1 is 1.23 bits per heavy atom. The van der Waals surface area contributed by atoms with Gasteiger partial charge < -0.3 is 24.7 Å². The van der Waals surface area contributed by atoms with E-state index in [1.165, 1.54) is 24.4 Å². The molecule has 0 aliphatic carbocycles. The highest BCUT2D eigenvalue weighted by Crippen LogP contribution is 2.40. The second-order valence-electron chi connectivity index (χ2n) is 10.8. The first kappa shape index (κ1) is 30.4. The summed E-state index contributed by atoms with van der Waals surface area (Å²) in [6, 6.07) is 6.11. The Balaban J connectivity index is 1.56. The van der Waals surface area contributed by atoms with Gasteiger partial charge in [0.1, 0.15) is 17.6 Å². The molecule has 1 saturated heterocycles. The van der Waals surface area contributed by atoms with Gasteiger partial charge >= 0.3 is 5.82 Å². The van der Waals surface area contributed by atoms with Crippen LogP contribution in [0.3, 0.4) is 0 Å². The topological polar surface area (TPSA) is 107 Å². The molecule has 1 aliphatic heterocycles. The Bertz CT molecular complexity index is 1690. The molecule has 11 nitrogen and oxygen atoms in total. The molecule has 226 valence electrons. The number of aromatic nitrogens is 5. The molecule has 13 heteroatoms. The summed E-state index contributed by atoms with van der Waals surface area (Å²) in [7, 11) is 3.94. The average Bonchev–Trinajstić information content (AvgIpc) is 3.56. The highest BCUT2D eigenvalue weighted by atomic mass is 79.9. The van der Waals surface area contributed by atoms with Gasteiger partial charge in [-0.2, -0.15) is 10.2 Å². The molecule has 5 rings (SSSR count). The van der Waals surface area contributed by atoms with Gasteiger partial charge in [-0.15, -0.1) is 0 Å². The third-order valence-electron chi connectivity index (χ3n) is 7.63. The van der Waals surface area contributed by atoms with E-state index in [-0.39, 0.29) is 11.8 Å². The summed E-state index contributed by atoms with van der Waals surface area (Å²) in [6.45, 7) is 13.8. The van der Waals surface area contributed by atoms with Gasteiger partial charge in [-0.05, 0) is 77.4 Å². The highest BCUT2D eigenvalue weighted by molar-refractivity contribution is 9.10. The number of nitro groups is 1. The molecule has 43 heavy (non-hydrogen) atoms. The van der Waals surface area contributed by atoms with E-state index in [9.17, 15) is 14.5 Å². The van der Waals surface area contributed by atoms with Gasteiger partial charge in [-0.3, -0.25) is 9.36 Å². The molecule has 4 aromatic rings. The van der Waals surface area contributed by atoms with Crippen LogP contribution in [0.2, 0.25) is 0 Å². The Labute approximate surface area is 257 Å². The lowest BCUT2D eigenvalue weighted by Crippen LogP contribution is -2.51. The van der Waals surface area contributed by atoms with Crippen molar-refractivity contribution in [2.24, 2.45) is 7.05 Å². The van der Waals surface area contributed by atoms with E-state index >= 15 is 0 Å². The van der Waals surface area contributed by atoms with Crippen molar-refractivity contribution in [3.8, 4) is 17.0 Å². The van der Waals surface area contributed by atoms with Crippen molar-refractivity contribution in [3.63, 3.8) is 0 Å². The summed E-state index contributed by atoms with van der Waals surface area (Å²) < 4.78 is 24.8. The summed E-state index contributed by atoms with van der Waals surface area (Å²) in [4.78, 5) is 19.5. The van der Waals surface area contributed by atoms with Crippen LogP contribution in [-0.2, 0) is 13.6 Å². The molecule has 0 amide bonds. The molecular weight excluding hydrogens is 619 g/mol. The van der Waals surface area contributed by atoms with Crippen molar-refractivity contribution >= 4 is 33.1 Å². The Morgan fingerprint density at radius 3 is 2.70 bits per heavy atom. The summed E-state index contributed by atoms with van der Waals surface area (Å²) >= 11 is 3.29. The summed E-state index contributed by atoms with van der Waals surface area (Å²) in [5.74, 6) is -0.0696. The number of halogens is 2. The van der Waals surface area contributed by atoms with Gasteiger partial charge in [0.2, 0.25) is 5.75 Å². The molecule has 0 bridgehead atoms. The van der Waals surface area contributed by atoms with Gasteiger partial charge in [-0.25, -0.2) is 4.39 Å². The van der Waals surface area contributed by atoms with Gasteiger partial charge in [0.25, 0.3) is 0 Å². The number of hydrogen-bond acceptors (Lipinski definition) is 8. The molecule has 3 aromatic heterocycles. The minimum absolute atomic E-state index is 0.0364. The van der Waals surface area contributed by atoms with Crippen LogP contribution in [0.4, 0.5) is 16.0 Å². The van der Waals surface area contributed by atoms with Crippen molar-refractivity contribution in [3.05, 3.63) is 86.5 Å². The summed E-state index contributed by atoms with van der Waals surface area (Å²) in [6.07, 6.45) is 4.44. The first-order valence-electron chi connectivity index (χ1n) is 14.0. The lowest BCUT2D eigenvalue weighted by Gasteiger charge is -2.39. The third-order valence-corrected chi connectivity index (χ3v) is 8.06. The van der Waals surface area contributed by atoms with Crippen molar-refractivity contribution in [1.29, 1.82) is 0 Å². The van der Waals surface area contributed by atoms with Crippen LogP contribution >= 0.6 is 15.9 Å². The van der Waals surface area contributed by atoms with Crippen molar-refractivity contribution in [2.45, 2.75) is 39.5 Å². The van der Waals surface area contributed by atoms with E-state index in [4.69, 9.17) is 14.9 Å². The maximum absolute atomic E-state index is 14.7. The van der Waals surface area contributed by atoms with Crippen LogP contribution < -0.4 is 9.64 Å². The number of hydrogen-bond donors (Lipinski definition) is 0. The Morgan fingerprint density at radius 2 is 2.00 bits per heavy atom. The predicted octanol–water partition coefficient (Wildman–Crippen LogP) is 5.85. The monoisotopic (exact) mass is 652 g/mol. The zero-order valence-corrected chi connectivity index (χ0v) is 26.4. The van der Waals surface area contributed by atoms with Crippen LogP contribution in [0.25, 0.3) is 16.8 Å². The van der Waals surface area contributed by atoms with Crippen LogP contribution in [0.15, 0.2) is 53.9 Å². The van der Waals surface area contributed by atoms with Crippen molar-refractivity contribution < 1.29 is 14.1 Å². The predicted molar refractivity (Wildman–Crippen MR) is 167 cm³/mol. The summed E-state index contributed by atoms with van der Waals surface area (Å²) in [5.41, 5.74) is 4.07. The van der Waals surface area contributed by atoms with Crippen LogP contribution in [-0.4, -0.2) is 67.1 Å². The van der Waals surface area contributed by atoms with E-state index < -0.39 is 22.7 Å². The van der Waals surface area contributed by atoms with E-state index in [1.54, 1.807) is 17.7 Å². The Kier molecular flexibility index (Phi) is 8.65. The molecule has 0 spiro atoms. The molecule has 0 N–H and O–H groups in total. The molecule has 0 radical (unpaired) electrons. The second kappa shape index (κ2) is 12.3. The maximum atomic E-state index is 14.7. The summed E-state index contributed by atoms with van der Waals surface area (Å²) in [5, 5.41) is 21.3. The normalized spacial score (nSPS) is 16.3. The van der Waals surface area contributed by atoms with E-state index in [0.29, 0.717) is 27.8 Å². The molecule has 1 aromatic carbocycles. The minimum atomic E-state index is -0.784. The molecular formula is C30H34BrFN8O3. The number of aryl methyl sites for hydroxylation is 2. The fourth-order valence-electron chi connectivity index (χ4n) is 5.48. The number of rotatable bonds is 9. The lowest BCUT2D eigenvalue weighted by atomic mass is 9.94. The SMILES string of the molecule is C=C(c1cn(C)nc1-c1ccc(F)cc1[C@@H](C)Oc1cc(Br)cnc1[N+](=O)[O-])c1cn(CC)nc1N1CCN(C)C[C@@H]1C. The smallest absolute Gasteiger partial charge is 0.406 e. The average molecular weight is 654 g/mol.